The molecule has 0 bridgehead atoms. The number of aromatic nitrogens is 2. The molecule has 1 aromatic carbocycles. The molecule has 2 aromatic rings. The molecule has 6 nitrogen and oxygen atoms in total. The van der Waals surface area contributed by atoms with Crippen molar-refractivity contribution in [2.75, 3.05) is 13.6 Å². The van der Waals surface area contributed by atoms with Gasteiger partial charge in [0.25, 0.3) is 0 Å². The summed E-state index contributed by atoms with van der Waals surface area (Å²) in [7, 11) is 1.88. The first kappa shape index (κ1) is 15.9. The number of rotatable bonds is 7. The SMILES string of the molecule is C[C@@H](C#N)CN(C)Cc1nc(COc2ccc(F)cc2)no1. The molecule has 116 valence electrons. The average molecular weight is 304 g/mol. The number of halogens is 1. The van der Waals surface area contributed by atoms with Gasteiger partial charge in [-0.1, -0.05) is 5.16 Å². The van der Waals surface area contributed by atoms with E-state index < -0.39 is 0 Å². The van der Waals surface area contributed by atoms with Gasteiger partial charge in [-0.15, -0.1) is 0 Å². The summed E-state index contributed by atoms with van der Waals surface area (Å²) in [6, 6.07) is 7.89. The van der Waals surface area contributed by atoms with Gasteiger partial charge < -0.3 is 9.26 Å². The Balaban J connectivity index is 1.83. The first-order chi connectivity index (χ1) is 10.6. The molecule has 1 aromatic heterocycles. The molecule has 0 unspecified atom stereocenters. The highest BCUT2D eigenvalue weighted by Gasteiger charge is 2.11. The molecule has 0 amide bonds. The van der Waals surface area contributed by atoms with Crippen molar-refractivity contribution in [2.45, 2.75) is 20.1 Å². The molecule has 0 aliphatic carbocycles. The van der Waals surface area contributed by atoms with E-state index >= 15 is 0 Å². The van der Waals surface area contributed by atoms with Crippen LogP contribution in [0.15, 0.2) is 28.8 Å². The monoisotopic (exact) mass is 304 g/mol. The minimum Gasteiger partial charge on any atom is -0.485 e. The quantitative estimate of drug-likeness (QED) is 0.781. The van der Waals surface area contributed by atoms with Crippen molar-refractivity contribution in [2.24, 2.45) is 5.92 Å². The largest absolute Gasteiger partial charge is 0.485 e. The minimum atomic E-state index is -0.316. The van der Waals surface area contributed by atoms with Crippen LogP contribution in [0.1, 0.15) is 18.6 Å². The molecule has 22 heavy (non-hydrogen) atoms. The smallest absolute Gasteiger partial charge is 0.240 e. The standard InChI is InChI=1S/C15H17FN4O2/c1-11(7-17)8-20(2)9-15-18-14(19-22-15)10-21-13-5-3-12(16)4-6-13/h3-6,11H,8-10H2,1-2H3/t11-/m0/s1. The molecule has 0 saturated carbocycles. The summed E-state index contributed by atoms with van der Waals surface area (Å²) in [4.78, 5) is 6.15. The second kappa shape index (κ2) is 7.52. The van der Waals surface area contributed by atoms with Gasteiger partial charge in [-0.05, 0) is 38.2 Å². The third kappa shape index (κ3) is 4.82. The fourth-order valence-electron chi connectivity index (χ4n) is 1.90. The normalized spacial score (nSPS) is 12.1. The highest BCUT2D eigenvalue weighted by Crippen LogP contribution is 2.13. The highest BCUT2D eigenvalue weighted by atomic mass is 19.1. The maximum Gasteiger partial charge on any atom is 0.240 e. The maximum atomic E-state index is 12.8. The Labute approximate surface area is 128 Å². The van der Waals surface area contributed by atoms with Crippen LogP contribution in [0.4, 0.5) is 4.39 Å². The van der Waals surface area contributed by atoms with Crippen LogP contribution in [0.5, 0.6) is 5.75 Å². The lowest BCUT2D eigenvalue weighted by atomic mass is 10.2. The van der Waals surface area contributed by atoms with Crippen LogP contribution in [0.25, 0.3) is 0 Å². The Kier molecular flexibility index (Phi) is 5.44. The van der Waals surface area contributed by atoms with Crippen LogP contribution in [-0.4, -0.2) is 28.6 Å². The highest BCUT2D eigenvalue weighted by molar-refractivity contribution is 5.22. The zero-order valence-corrected chi connectivity index (χ0v) is 12.5. The molecule has 0 aliphatic rings. The Morgan fingerprint density at radius 1 is 1.41 bits per heavy atom. The van der Waals surface area contributed by atoms with Gasteiger partial charge in [-0.2, -0.15) is 10.2 Å². The van der Waals surface area contributed by atoms with E-state index in [1.807, 2.05) is 18.9 Å². The third-order valence-corrected chi connectivity index (χ3v) is 2.90. The number of hydrogen-bond donors (Lipinski definition) is 0. The summed E-state index contributed by atoms with van der Waals surface area (Å²) >= 11 is 0. The van der Waals surface area contributed by atoms with Crippen LogP contribution in [0, 0.1) is 23.1 Å². The molecule has 0 radical (unpaired) electrons. The molecule has 0 fully saturated rings. The third-order valence-electron chi connectivity index (χ3n) is 2.90. The van der Waals surface area contributed by atoms with Gasteiger partial charge in [0.1, 0.15) is 11.6 Å². The van der Waals surface area contributed by atoms with Crippen LogP contribution in [0.2, 0.25) is 0 Å². The molecular weight excluding hydrogens is 287 g/mol. The average Bonchev–Trinajstić information content (AvgIpc) is 2.93. The zero-order chi connectivity index (χ0) is 15.9. The Morgan fingerprint density at radius 2 is 2.14 bits per heavy atom. The van der Waals surface area contributed by atoms with Crippen LogP contribution < -0.4 is 4.74 Å². The van der Waals surface area contributed by atoms with Crippen molar-refractivity contribution in [3.05, 3.63) is 41.8 Å². The topological polar surface area (TPSA) is 75.2 Å². The van der Waals surface area contributed by atoms with Gasteiger partial charge in [0.05, 0.1) is 18.5 Å². The van der Waals surface area contributed by atoms with E-state index in [9.17, 15) is 4.39 Å². The Hall–Kier alpha value is -2.46. The second-order valence-corrected chi connectivity index (χ2v) is 5.07. The lowest BCUT2D eigenvalue weighted by Crippen LogP contribution is -2.23. The molecule has 0 spiro atoms. The molecule has 0 aliphatic heterocycles. The predicted octanol–water partition coefficient (Wildman–Crippen LogP) is 2.38. The molecule has 0 saturated heterocycles. The van der Waals surface area contributed by atoms with Gasteiger partial charge >= 0.3 is 0 Å². The molecular formula is C15H17FN4O2. The number of benzene rings is 1. The van der Waals surface area contributed by atoms with E-state index in [0.717, 1.165) is 0 Å². The Morgan fingerprint density at radius 3 is 2.82 bits per heavy atom. The van der Waals surface area contributed by atoms with Crippen LogP contribution >= 0.6 is 0 Å². The van der Waals surface area contributed by atoms with Gasteiger partial charge in [-0.3, -0.25) is 4.90 Å². The molecule has 1 heterocycles. The summed E-state index contributed by atoms with van der Waals surface area (Å²) in [6.07, 6.45) is 0. The summed E-state index contributed by atoms with van der Waals surface area (Å²) in [5, 5.41) is 12.6. The van der Waals surface area contributed by atoms with Crippen molar-refractivity contribution in [3.8, 4) is 11.8 Å². The fourth-order valence-corrected chi connectivity index (χ4v) is 1.90. The van der Waals surface area contributed by atoms with E-state index in [1.165, 1.54) is 24.3 Å². The first-order valence-corrected chi connectivity index (χ1v) is 6.85. The lowest BCUT2D eigenvalue weighted by molar-refractivity contribution is 0.250. The van der Waals surface area contributed by atoms with Crippen molar-refractivity contribution >= 4 is 0 Å². The maximum absolute atomic E-state index is 12.8. The molecule has 2 rings (SSSR count). The number of nitrogens with zero attached hydrogens (tertiary/aromatic N) is 4. The van der Waals surface area contributed by atoms with Gasteiger partial charge in [0.2, 0.25) is 11.7 Å². The second-order valence-electron chi connectivity index (χ2n) is 5.07. The van der Waals surface area contributed by atoms with Gasteiger partial charge in [0.15, 0.2) is 6.61 Å². The molecule has 0 N–H and O–H groups in total. The van der Waals surface area contributed by atoms with Gasteiger partial charge in [-0.25, -0.2) is 4.39 Å². The Bertz CT molecular complexity index is 636. The van der Waals surface area contributed by atoms with Crippen molar-refractivity contribution < 1.29 is 13.7 Å². The minimum absolute atomic E-state index is 0.0609. The van der Waals surface area contributed by atoms with Gasteiger partial charge in [0, 0.05) is 6.54 Å². The van der Waals surface area contributed by atoms with Crippen molar-refractivity contribution in [1.29, 1.82) is 5.26 Å². The van der Waals surface area contributed by atoms with Crippen LogP contribution in [0.3, 0.4) is 0 Å². The van der Waals surface area contributed by atoms with E-state index in [-0.39, 0.29) is 18.3 Å². The first-order valence-electron chi connectivity index (χ1n) is 6.85. The summed E-state index contributed by atoms with van der Waals surface area (Å²) in [6.45, 7) is 3.09. The van der Waals surface area contributed by atoms with E-state index in [1.54, 1.807) is 0 Å². The summed E-state index contributed by atoms with van der Waals surface area (Å²) < 4.78 is 23.3. The zero-order valence-electron chi connectivity index (χ0n) is 12.5. The number of hydrogen-bond acceptors (Lipinski definition) is 6. The number of nitriles is 1. The fraction of sp³-hybridized carbons (Fsp3) is 0.400. The van der Waals surface area contributed by atoms with E-state index in [4.69, 9.17) is 14.5 Å². The summed E-state index contributed by atoms with van der Waals surface area (Å²) in [5.74, 6) is 1.04. The van der Waals surface area contributed by atoms with Crippen LogP contribution in [-0.2, 0) is 13.2 Å². The molecule has 7 heteroatoms. The number of ether oxygens (including phenoxy) is 1. The van der Waals surface area contributed by atoms with Crippen molar-refractivity contribution in [1.82, 2.24) is 15.0 Å². The van der Waals surface area contributed by atoms with Crippen molar-refractivity contribution in [3.63, 3.8) is 0 Å². The predicted molar refractivity (Wildman–Crippen MR) is 76.1 cm³/mol. The summed E-state index contributed by atoms with van der Waals surface area (Å²) in [5.41, 5.74) is 0. The molecule has 1 atom stereocenters. The lowest BCUT2D eigenvalue weighted by Gasteiger charge is -2.14. The van der Waals surface area contributed by atoms with E-state index in [2.05, 4.69) is 16.2 Å². The van der Waals surface area contributed by atoms with E-state index in [0.29, 0.717) is 30.6 Å².